The topological polar surface area (TPSA) is 75.7 Å². The van der Waals surface area contributed by atoms with Crippen molar-refractivity contribution in [3.8, 4) is 0 Å². The molecule has 2 saturated heterocycles. The molecule has 0 aliphatic carbocycles. The molecule has 1 amide bonds. The molecule has 0 bridgehead atoms. The molecule has 0 saturated carbocycles. The SMILES string of the molecule is CS(=O)(=O)CC(=O)N[C@H]1COC[C@@H]1N1CCCC1. The molecule has 0 unspecified atom stereocenters. The Balaban J connectivity index is 1.89. The molecule has 2 heterocycles. The molecule has 0 spiro atoms. The van der Waals surface area contributed by atoms with Crippen molar-refractivity contribution in [1.82, 2.24) is 10.2 Å². The Kier molecular flexibility index (Phi) is 4.24. The molecule has 2 fully saturated rings. The van der Waals surface area contributed by atoms with Crippen LogP contribution in [0.1, 0.15) is 12.8 Å². The standard InChI is InChI=1S/C11H20N2O4S/c1-18(15,16)8-11(14)12-9-6-17-7-10(9)13-4-2-3-5-13/h9-10H,2-8H2,1H3,(H,12,14)/t9-,10-/m0/s1. The summed E-state index contributed by atoms with van der Waals surface area (Å²) >= 11 is 0. The lowest BCUT2D eigenvalue weighted by Crippen LogP contribution is -2.51. The maximum Gasteiger partial charge on any atom is 0.235 e. The summed E-state index contributed by atoms with van der Waals surface area (Å²) in [7, 11) is -3.27. The van der Waals surface area contributed by atoms with Crippen LogP contribution in [-0.2, 0) is 19.4 Å². The largest absolute Gasteiger partial charge is 0.378 e. The van der Waals surface area contributed by atoms with Gasteiger partial charge in [0.05, 0.1) is 25.3 Å². The average molecular weight is 276 g/mol. The third-order valence-corrected chi connectivity index (χ3v) is 4.19. The molecule has 0 aromatic rings. The first-order valence-electron chi connectivity index (χ1n) is 6.24. The summed E-state index contributed by atoms with van der Waals surface area (Å²) in [5.74, 6) is -0.881. The molecular weight excluding hydrogens is 256 g/mol. The van der Waals surface area contributed by atoms with Crippen molar-refractivity contribution in [3.05, 3.63) is 0 Å². The molecule has 0 aromatic carbocycles. The average Bonchev–Trinajstić information content (AvgIpc) is 2.82. The van der Waals surface area contributed by atoms with E-state index in [2.05, 4.69) is 10.2 Å². The maximum atomic E-state index is 11.6. The van der Waals surface area contributed by atoms with E-state index in [1.54, 1.807) is 0 Å². The van der Waals surface area contributed by atoms with Crippen LogP contribution in [0.3, 0.4) is 0 Å². The highest BCUT2D eigenvalue weighted by Crippen LogP contribution is 2.19. The highest BCUT2D eigenvalue weighted by molar-refractivity contribution is 7.91. The Morgan fingerprint density at radius 2 is 2.00 bits per heavy atom. The van der Waals surface area contributed by atoms with Crippen LogP contribution in [0.15, 0.2) is 0 Å². The third-order valence-electron chi connectivity index (χ3n) is 3.40. The van der Waals surface area contributed by atoms with Gasteiger partial charge in [-0.25, -0.2) is 8.42 Å². The van der Waals surface area contributed by atoms with Crippen LogP contribution in [-0.4, -0.2) is 69.6 Å². The first kappa shape index (κ1) is 13.8. The van der Waals surface area contributed by atoms with E-state index < -0.39 is 21.5 Å². The van der Waals surface area contributed by atoms with Crippen LogP contribution in [0.25, 0.3) is 0 Å². The number of carbonyl (C=O) groups is 1. The minimum absolute atomic E-state index is 0.0858. The van der Waals surface area contributed by atoms with Gasteiger partial charge in [-0.05, 0) is 25.9 Å². The van der Waals surface area contributed by atoms with Gasteiger partial charge in [-0.15, -0.1) is 0 Å². The molecule has 2 rings (SSSR count). The van der Waals surface area contributed by atoms with Gasteiger partial charge in [-0.3, -0.25) is 9.69 Å². The van der Waals surface area contributed by atoms with E-state index in [0.29, 0.717) is 13.2 Å². The van der Waals surface area contributed by atoms with Crippen LogP contribution in [0.4, 0.5) is 0 Å². The van der Waals surface area contributed by atoms with E-state index in [-0.39, 0.29) is 12.1 Å². The Bertz CT molecular complexity index is 403. The minimum atomic E-state index is -3.27. The van der Waals surface area contributed by atoms with Crippen LogP contribution in [0.2, 0.25) is 0 Å². The lowest BCUT2D eigenvalue weighted by molar-refractivity contribution is -0.119. The van der Waals surface area contributed by atoms with Gasteiger partial charge in [-0.2, -0.15) is 0 Å². The smallest absolute Gasteiger partial charge is 0.235 e. The molecule has 0 aromatic heterocycles. The van der Waals surface area contributed by atoms with Crippen LogP contribution < -0.4 is 5.32 Å². The Labute approximate surface area is 108 Å². The number of carbonyl (C=O) groups excluding carboxylic acids is 1. The molecule has 18 heavy (non-hydrogen) atoms. The summed E-state index contributed by atoms with van der Waals surface area (Å²) in [5.41, 5.74) is 0. The van der Waals surface area contributed by atoms with Gasteiger partial charge in [0.2, 0.25) is 5.91 Å². The number of rotatable bonds is 4. The van der Waals surface area contributed by atoms with Crippen molar-refractivity contribution in [2.75, 3.05) is 38.3 Å². The van der Waals surface area contributed by atoms with E-state index in [0.717, 1.165) is 19.3 Å². The van der Waals surface area contributed by atoms with E-state index >= 15 is 0 Å². The van der Waals surface area contributed by atoms with Crippen molar-refractivity contribution >= 4 is 15.7 Å². The Morgan fingerprint density at radius 1 is 1.33 bits per heavy atom. The number of amides is 1. The second-order valence-corrected chi connectivity index (χ2v) is 7.23. The molecule has 7 heteroatoms. The van der Waals surface area contributed by atoms with E-state index in [4.69, 9.17) is 4.74 Å². The normalized spacial score (nSPS) is 29.6. The summed E-state index contributed by atoms with van der Waals surface area (Å²) in [5, 5.41) is 2.78. The zero-order valence-corrected chi connectivity index (χ0v) is 11.4. The summed E-state index contributed by atoms with van der Waals surface area (Å²) in [6.07, 6.45) is 3.43. The molecule has 2 atom stereocenters. The second-order valence-electron chi connectivity index (χ2n) is 5.09. The van der Waals surface area contributed by atoms with Crippen molar-refractivity contribution in [1.29, 1.82) is 0 Å². The number of likely N-dealkylation sites (tertiary alicyclic amines) is 1. The summed E-state index contributed by atoms with van der Waals surface area (Å²) in [6.45, 7) is 3.15. The summed E-state index contributed by atoms with van der Waals surface area (Å²) in [4.78, 5) is 13.9. The van der Waals surface area contributed by atoms with Gasteiger partial charge < -0.3 is 10.1 Å². The zero-order valence-electron chi connectivity index (χ0n) is 10.6. The predicted octanol–water partition coefficient (Wildman–Crippen LogP) is -0.990. The van der Waals surface area contributed by atoms with E-state index in [9.17, 15) is 13.2 Å². The van der Waals surface area contributed by atoms with Gasteiger partial charge in [0.1, 0.15) is 5.75 Å². The van der Waals surface area contributed by atoms with Crippen molar-refractivity contribution in [3.63, 3.8) is 0 Å². The third kappa shape index (κ3) is 3.66. The summed E-state index contributed by atoms with van der Waals surface area (Å²) in [6, 6.07) is 0.105. The first-order chi connectivity index (χ1) is 8.46. The Hall–Kier alpha value is -0.660. The minimum Gasteiger partial charge on any atom is -0.378 e. The van der Waals surface area contributed by atoms with Gasteiger partial charge in [0.15, 0.2) is 9.84 Å². The Morgan fingerprint density at radius 3 is 2.61 bits per heavy atom. The molecule has 2 aliphatic rings. The second kappa shape index (κ2) is 5.54. The fourth-order valence-corrected chi connectivity index (χ4v) is 3.16. The predicted molar refractivity (Wildman–Crippen MR) is 67.1 cm³/mol. The fraction of sp³-hybridized carbons (Fsp3) is 0.909. The number of nitrogens with zero attached hydrogens (tertiary/aromatic N) is 1. The number of hydrogen-bond acceptors (Lipinski definition) is 5. The van der Waals surface area contributed by atoms with Gasteiger partial charge in [-0.1, -0.05) is 0 Å². The molecule has 104 valence electrons. The van der Waals surface area contributed by atoms with E-state index in [1.165, 1.54) is 12.8 Å². The highest BCUT2D eigenvalue weighted by Gasteiger charge is 2.35. The molecular formula is C11H20N2O4S. The molecule has 2 aliphatic heterocycles. The van der Waals surface area contributed by atoms with Gasteiger partial charge in [0.25, 0.3) is 0 Å². The monoisotopic (exact) mass is 276 g/mol. The van der Waals surface area contributed by atoms with Crippen molar-refractivity contribution in [2.24, 2.45) is 0 Å². The van der Waals surface area contributed by atoms with Gasteiger partial charge in [0, 0.05) is 6.26 Å². The molecule has 1 N–H and O–H groups in total. The number of nitrogens with one attached hydrogen (secondary N) is 1. The lowest BCUT2D eigenvalue weighted by Gasteiger charge is -2.27. The lowest BCUT2D eigenvalue weighted by atomic mass is 10.1. The van der Waals surface area contributed by atoms with Crippen LogP contribution >= 0.6 is 0 Å². The maximum absolute atomic E-state index is 11.6. The quantitative estimate of drug-likeness (QED) is 0.713. The molecule has 6 nitrogen and oxygen atoms in total. The first-order valence-corrected chi connectivity index (χ1v) is 8.30. The van der Waals surface area contributed by atoms with Crippen molar-refractivity contribution in [2.45, 2.75) is 24.9 Å². The van der Waals surface area contributed by atoms with E-state index in [1.807, 2.05) is 0 Å². The molecule has 0 radical (unpaired) electrons. The van der Waals surface area contributed by atoms with Crippen LogP contribution in [0.5, 0.6) is 0 Å². The van der Waals surface area contributed by atoms with Crippen molar-refractivity contribution < 1.29 is 17.9 Å². The zero-order chi connectivity index (χ0) is 13.2. The van der Waals surface area contributed by atoms with Crippen LogP contribution in [0, 0.1) is 0 Å². The summed E-state index contributed by atoms with van der Waals surface area (Å²) < 4.78 is 27.5. The number of sulfone groups is 1. The number of ether oxygens (including phenoxy) is 1. The fourth-order valence-electron chi connectivity index (χ4n) is 2.60. The van der Waals surface area contributed by atoms with Gasteiger partial charge >= 0.3 is 0 Å². The highest BCUT2D eigenvalue weighted by atomic mass is 32.2. The number of hydrogen-bond donors (Lipinski definition) is 1.